The third-order valence-corrected chi connectivity index (χ3v) is 5.95. The number of pyridine rings is 2. The second kappa shape index (κ2) is 8.46. The second-order valence-electron chi connectivity index (χ2n) is 8.08. The van der Waals surface area contributed by atoms with Gasteiger partial charge in [-0.1, -0.05) is 6.07 Å². The van der Waals surface area contributed by atoms with Crippen molar-refractivity contribution >= 4 is 23.2 Å². The molecule has 166 valence electrons. The van der Waals surface area contributed by atoms with E-state index >= 15 is 4.39 Å². The molecule has 1 aliphatic rings. The fourth-order valence-corrected chi connectivity index (χ4v) is 4.18. The van der Waals surface area contributed by atoms with E-state index in [0.29, 0.717) is 24.5 Å². The van der Waals surface area contributed by atoms with Crippen LogP contribution in [-0.2, 0) is 24.7 Å². The molecule has 0 fully saturated rings. The minimum Gasteiger partial charge on any atom is -0.325 e. The Morgan fingerprint density at radius 1 is 1.09 bits per heavy atom. The van der Waals surface area contributed by atoms with E-state index < -0.39 is 5.82 Å². The van der Waals surface area contributed by atoms with E-state index in [0.717, 1.165) is 33.8 Å². The number of anilines is 3. The maximum absolute atomic E-state index is 15.3. The lowest BCUT2D eigenvalue weighted by molar-refractivity contribution is -0.117. The summed E-state index contributed by atoms with van der Waals surface area (Å²) >= 11 is 0. The first-order valence-corrected chi connectivity index (χ1v) is 10.7. The van der Waals surface area contributed by atoms with E-state index in [1.165, 1.54) is 6.07 Å². The van der Waals surface area contributed by atoms with Gasteiger partial charge in [-0.05, 0) is 65.9 Å². The molecule has 4 heterocycles. The van der Waals surface area contributed by atoms with Crippen molar-refractivity contribution in [3.05, 3.63) is 83.7 Å². The normalized spacial score (nSPS) is 12.6. The number of halogens is 1. The van der Waals surface area contributed by atoms with Crippen LogP contribution in [0.3, 0.4) is 0 Å². The predicted octanol–water partition coefficient (Wildman–Crippen LogP) is 4.20. The van der Waals surface area contributed by atoms with E-state index in [9.17, 15) is 4.79 Å². The van der Waals surface area contributed by atoms with Gasteiger partial charge in [0.05, 0.1) is 18.3 Å². The molecule has 0 spiro atoms. The number of aryl methyl sites for hydroxylation is 2. The van der Waals surface area contributed by atoms with E-state index in [4.69, 9.17) is 0 Å². The minimum atomic E-state index is -0.394. The number of nitrogens with zero attached hydrogens (tertiary/aromatic N) is 5. The third-order valence-electron chi connectivity index (χ3n) is 5.95. The number of benzene rings is 1. The molecule has 0 bridgehead atoms. The van der Waals surface area contributed by atoms with Crippen LogP contribution in [0.2, 0.25) is 0 Å². The van der Waals surface area contributed by atoms with Gasteiger partial charge >= 0.3 is 0 Å². The number of hydrogen-bond donors (Lipinski definition) is 1. The van der Waals surface area contributed by atoms with Gasteiger partial charge in [0, 0.05) is 37.7 Å². The number of carbonyl (C=O) groups is 1. The number of carbonyl (C=O) groups excluding carboxylic acids is 1. The Morgan fingerprint density at radius 3 is 2.76 bits per heavy atom. The smallest absolute Gasteiger partial charge is 0.231 e. The van der Waals surface area contributed by atoms with Crippen molar-refractivity contribution in [3.8, 4) is 11.1 Å². The van der Waals surface area contributed by atoms with Gasteiger partial charge in [-0.2, -0.15) is 5.10 Å². The molecular formula is C25H23FN6O. The minimum absolute atomic E-state index is 0.122. The lowest BCUT2D eigenvalue weighted by Gasteiger charge is -2.19. The Bertz CT molecular complexity index is 1350. The Labute approximate surface area is 190 Å². The van der Waals surface area contributed by atoms with Gasteiger partial charge in [-0.15, -0.1) is 0 Å². The van der Waals surface area contributed by atoms with Crippen LogP contribution in [0.25, 0.3) is 11.1 Å². The maximum Gasteiger partial charge on any atom is 0.231 e. The van der Waals surface area contributed by atoms with Crippen molar-refractivity contribution in [1.82, 2.24) is 19.7 Å². The highest BCUT2D eigenvalue weighted by Crippen LogP contribution is 2.36. The van der Waals surface area contributed by atoms with Crippen molar-refractivity contribution < 1.29 is 9.18 Å². The van der Waals surface area contributed by atoms with Crippen molar-refractivity contribution in [2.45, 2.75) is 19.8 Å². The lowest BCUT2D eigenvalue weighted by atomic mass is 10.0. The zero-order valence-corrected chi connectivity index (χ0v) is 18.4. The third kappa shape index (κ3) is 4.07. The first-order chi connectivity index (χ1) is 16.0. The van der Waals surface area contributed by atoms with Gasteiger partial charge < -0.3 is 10.2 Å². The predicted molar refractivity (Wildman–Crippen MR) is 125 cm³/mol. The van der Waals surface area contributed by atoms with Crippen LogP contribution in [0.15, 0.2) is 61.1 Å². The molecular weight excluding hydrogens is 419 g/mol. The fourth-order valence-electron chi connectivity index (χ4n) is 4.18. The van der Waals surface area contributed by atoms with Gasteiger partial charge in [0.25, 0.3) is 0 Å². The van der Waals surface area contributed by atoms with E-state index in [-0.39, 0.29) is 12.3 Å². The van der Waals surface area contributed by atoms with Crippen LogP contribution < -0.4 is 10.2 Å². The highest BCUT2D eigenvalue weighted by Gasteiger charge is 2.29. The molecule has 1 N–H and O–H groups in total. The van der Waals surface area contributed by atoms with Gasteiger partial charge in [-0.3, -0.25) is 14.5 Å². The van der Waals surface area contributed by atoms with Crippen LogP contribution in [0.5, 0.6) is 0 Å². The van der Waals surface area contributed by atoms with Crippen molar-refractivity contribution in [1.29, 1.82) is 0 Å². The second-order valence-corrected chi connectivity index (χ2v) is 8.08. The van der Waals surface area contributed by atoms with Crippen molar-refractivity contribution in [2.24, 2.45) is 7.05 Å². The van der Waals surface area contributed by atoms with Gasteiger partial charge in [-0.25, -0.2) is 9.37 Å². The van der Waals surface area contributed by atoms with Crippen LogP contribution in [0.4, 0.5) is 21.7 Å². The van der Waals surface area contributed by atoms with E-state index in [2.05, 4.69) is 20.4 Å². The molecule has 33 heavy (non-hydrogen) atoms. The summed E-state index contributed by atoms with van der Waals surface area (Å²) in [5, 5.41) is 7.35. The summed E-state index contributed by atoms with van der Waals surface area (Å²) in [5.41, 5.74) is 4.48. The van der Waals surface area contributed by atoms with Crippen LogP contribution >= 0.6 is 0 Å². The van der Waals surface area contributed by atoms with E-state index in [1.807, 2.05) is 50.4 Å². The quantitative estimate of drug-likeness (QED) is 0.501. The summed E-state index contributed by atoms with van der Waals surface area (Å²) in [6.07, 6.45) is 5.90. The molecule has 4 aromatic rings. The lowest BCUT2D eigenvalue weighted by Crippen LogP contribution is -2.31. The number of nitrogens with one attached hydrogen (secondary N) is 1. The molecule has 0 aliphatic carbocycles. The van der Waals surface area contributed by atoms with Crippen LogP contribution in [0.1, 0.15) is 16.8 Å². The molecule has 1 aromatic carbocycles. The highest BCUT2D eigenvalue weighted by molar-refractivity contribution is 5.97. The summed E-state index contributed by atoms with van der Waals surface area (Å²) in [6.45, 7) is 2.34. The molecule has 0 saturated carbocycles. The summed E-state index contributed by atoms with van der Waals surface area (Å²) in [4.78, 5) is 23.1. The van der Waals surface area contributed by atoms with Gasteiger partial charge in [0.2, 0.25) is 5.91 Å². The zero-order chi connectivity index (χ0) is 22.9. The zero-order valence-electron chi connectivity index (χ0n) is 18.4. The number of fused-ring (bicyclic) bond motifs is 1. The first-order valence-electron chi connectivity index (χ1n) is 10.7. The summed E-state index contributed by atoms with van der Waals surface area (Å²) in [7, 11) is 1.84. The summed E-state index contributed by atoms with van der Waals surface area (Å²) in [5.74, 6) is 0.927. The first kappa shape index (κ1) is 20.8. The van der Waals surface area contributed by atoms with Crippen molar-refractivity contribution in [2.75, 3.05) is 16.8 Å². The summed E-state index contributed by atoms with van der Waals surface area (Å²) < 4.78 is 17.0. The van der Waals surface area contributed by atoms with Crippen LogP contribution in [-0.4, -0.2) is 32.2 Å². The largest absolute Gasteiger partial charge is 0.325 e. The maximum atomic E-state index is 15.3. The Balaban J connectivity index is 1.40. The average molecular weight is 442 g/mol. The van der Waals surface area contributed by atoms with Gasteiger partial charge in [0.15, 0.2) is 0 Å². The number of rotatable bonds is 5. The Hall–Kier alpha value is -4.07. The molecule has 8 heteroatoms. The van der Waals surface area contributed by atoms with Crippen molar-refractivity contribution in [3.63, 3.8) is 0 Å². The topological polar surface area (TPSA) is 75.9 Å². The molecule has 1 amide bonds. The fraction of sp³-hybridized carbons (Fsp3) is 0.200. The number of aromatic nitrogens is 4. The standard InChI is InChI=1S/C25H23FN6O/c1-16-17(4-3-8-27-16)15-24(33)32-11-7-19-12-20(13-21(26)25(19)32)18-5-9-28-22(14-18)30-23-6-10-29-31(23)2/h3-6,8-10,12-14H,7,11,15H2,1-2H3,(H,28,30). The summed E-state index contributed by atoms with van der Waals surface area (Å²) in [6, 6.07) is 12.7. The number of amides is 1. The SMILES string of the molecule is Cc1ncccc1CC(=O)N1CCc2cc(-c3ccnc(Nc4ccnn4C)c3)cc(F)c21. The molecule has 3 aromatic heterocycles. The van der Waals surface area contributed by atoms with E-state index in [1.54, 1.807) is 28.2 Å². The molecule has 5 rings (SSSR count). The monoisotopic (exact) mass is 442 g/mol. The molecule has 0 saturated heterocycles. The average Bonchev–Trinajstić information content (AvgIpc) is 3.42. The molecule has 0 atom stereocenters. The van der Waals surface area contributed by atoms with Crippen LogP contribution in [0, 0.1) is 12.7 Å². The molecule has 0 radical (unpaired) electrons. The number of hydrogen-bond acceptors (Lipinski definition) is 5. The van der Waals surface area contributed by atoms with Gasteiger partial charge in [0.1, 0.15) is 17.5 Å². The Morgan fingerprint density at radius 2 is 1.97 bits per heavy atom. The molecule has 7 nitrogen and oxygen atoms in total. The molecule has 0 unspecified atom stereocenters. The Kier molecular flexibility index (Phi) is 5.34. The molecule has 1 aliphatic heterocycles. The highest BCUT2D eigenvalue weighted by atomic mass is 19.1.